The van der Waals surface area contributed by atoms with Crippen molar-refractivity contribution < 1.29 is 4.79 Å². The highest BCUT2D eigenvalue weighted by Crippen LogP contribution is 2.17. The minimum absolute atomic E-state index is 0.0483. The summed E-state index contributed by atoms with van der Waals surface area (Å²) in [6, 6.07) is 14.9. The summed E-state index contributed by atoms with van der Waals surface area (Å²) >= 11 is 5.85. The fourth-order valence-corrected chi connectivity index (χ4v) is 2.50. The van der Waals surface area contributed by atoms with Crippen LogP contribution in [0.25, 0.3) is 0 Å². The number of nitrogens with zero attached hydrogens (tertiary/aromatic N) is 1. The van der Waals surface area contributed by atoms with Gasteiger partial charge in [0.15, 0.2) is 5.78 Å². The summed E-state index contributed by atoms with van der Waals surface area (Å²) in [5.41, 5.74) is 2.62. The molecular weight excluding hydrogens is 270 g/mol. The second-order valence-electron chi connectivity index (χ2n) is 5.17. The van der Waals surface area contributed by atoms with Crippen molar-refractivity contribution >= 4 is 17.4 Å². The van der Waals surface area contributed by atoms with Crippen LogP contribution in [0.4, 0.5) is 0 Å². The van der Waals surface area contributed by atoms with E-state index in [1.807, 2.05) is 18.2 Å². The van der Waals surface area contributed by atoms with Gasteiger partial charge >= 0.3 is 0 Å². The number of benzene rings is 2. The molecule has 0 bridgehead atoms. The van der Waals surface area contributed by atoms with Gasteiger partial charge in [-0.2, -0.15) is 0 Å². The Bertz CT molecular complexity index is 617. The van der Waals surface area contributed by atoms with E-state index < -0.39 is 0 Å². The van der Waals surface area contributed by atoms with E-state index in [4.69, 9.17) is 11.6 Å². The van der Waals surface area contributed by atoms with Gasteiger partial charge in [-0.1, -0.05) is 29.8 Å². The predicted octanol–water partition coefficient (Wildman–Crippen LogP) is 3.78. The normalized spacial score (nSPS) is 14.8. The number of halogens is 1. The Morgan fingerprint density at radius 1 is 1.05 bits per heavy atom. The molecule has 20 heavy (non-hydrogen) atoms. The van der Waals surface area contributed by atoms with Crippen LogP contribution >= 0.6 is 11.6 Å². The average molecular weight is 286 g/mol. The summed E-state index contributed by atoms with van der Waals surface area (Å²) in [5, 5.41) is 0.646. The topological polar surface area (TPSA) is 20.3 Å². The fraction of sp³-hybridized carbons (Fsp3) is 0.235. The fourth-order valence-electron chi connectivity index (χ4n) is 2.38. The van der Waals surface area contributed by atoms with Crippen molar-refractivity contribution in [3.8, 4) is 0 Å². The Morgan fingerprint density at radius 3 is 2.45 bits per heavy atom. The highest BCUT2D eigenvalue weighted by atomic mass is 35.5. The van der Waals surface area contributed by atoms with E-state index in [1.54, 1.807) is 24.3 Å². The quantitative estimate of drug-likeness (QED) is 0.797. The first-order valence-corrected chi connectivity index (χ1v) is 7.22. The monoisotopic (exact) mass is 285 g/mol. The molecule has 1 aliphatic rings. The van der Waals surface area contributed by atoms with Gasteiger partial charge in [-0.05, 0) is 55.4 Å². The molecule has 0 aromatic heterocycles. The van der Waals surface area contributed by atoms with Crippen LogP contribution in [0.2, 0.25) is 5.02 Å². The Labute approximate surface area is 124 Å². The molecule has 0 amide bonds. The second-order valence-corrected chi connectivity index (χ2v) is 5.60. The Hall–Kier alpha value is -1.64. The van der Waals surface area contributed by atoms with Gasteiger partial charge in [-0.15, -0.1) is 0 Å². The van der Waals surface area contributed by atoms with Crippen molar-refractivity contribution in [3.05, 3.63) is 70.2 Å². The van der Waals surface area contributed by atoms with Gasteiger partial charge in [0, 0.05) is 22.7 Å². The highest BCUT2D eigenvalue weighted by Gasteiger charge is 2.15. The lowest BCUT2D eigenvalue weighted by Gasteiger charge is -2.30. The van der Waals surface area contributed by atoms with Crippen LogP contribution in [-0.4, -0.2) is 23.8 Å². The van der Waals surface area contributed by atoms with Crippen molar-refractivity contribution in [1.82, 2.24) is 4.90 Å². The van der Waals surface area contributed by atoms with Crippen molar-refractivity contribution in [2.75, 3.05) is 13.1 Å². The molecule has 102 valence electrons. The summed E-state index contributed by atoms with van der Waals surface area (Å²) < 4.78 is 0. The third-order valence-corrected chi connectivity index (χ3v) is 3.90. The molecule has 0 spiro atoms. The van der Waals surface area contributed by atoms with Gasteiger partial charge in [0.05, 0.1) is 0 Å². The van der Waals surface area contributed by atoms with E-state index in [1.165, 1.54) is 12.0 Å². The number of ketones is 1. The molecule has 1 aliphatic heterocycles. The molecule has 2 aromatic rings. The van der Waals surface area contributed by atoms with E-state index >= 15 is 0 Å². The van der Waals surface area contributed by atoms with Crippen LogP contribution in [-0.2, 0) is 6.54 Å². The van der Waals surface area contributed by atoms with E-state index in [2.05, 4.69) is 11.0 Å². The summed E-state index contributed by atoms with van der Waals surface area (Å²) in [5.74, 6) is 0.0483. The van der Waals surface area contributed by atoms with Crippen LogP contribution in [0.15, 0.2) is 48.5 Å². The maximum Gasteiger partial charge on any atom is 0.193 e. The molecule has 0 aliphatic carbocycles. The molecule has 1 saturated heterocycles. The SMILES string of the molecule is O=C(c1ccc(Cl)cc1)c1cccc(CN2CCC2)c1. The zero-order valence-electron chi connectivity index (χ0n) is 11.2. The molecular formula is C17H16ClNO. The van der Waals surface area contributed by atoms with Gasteiger partial charge < -0.3 is 0 Å². The standard InChI is InChI=1S/C17H16ClNO/c18-16-7-5-14(6-8-16)17(20)15-4-1-3-13(11-15)12-19-9-2-10-19/h1,3-8,11H,2,9-10,12H2. The number of carbonyl (C=O) groups excluding carboxylic acids is 1. The van der Waals surface area contributed by atoms with Gasteiger partial charge in [-0.25, -0.2) is 0 Å². The van der Waals surface area contributed by atoms with Crippen LogP contribution in [0.1, 0.15) is 27.9 Å². The maximum absolute atomic E-state index is 12.4. The summed E-state index contributed by atoms with van der Waals surface area (Å²) in [6.45, 7) is 3.26. The second kappa shape index (κ2) is 5.78. The van der Waals surface area contributed by atoms with Crippen LogP contribution < -0.4 is 0 Å². The zero-order chi connectivity index (χ0) is 13.9. The lowest BCUT2D eigenvalue weighted by Crippen LogP contribution is -2.36. The first kappa shape index (κ1) is 13.3. The first-order valence-electron chi connectivity index (χ1n) is 6.84. The molecule has 0 saturated carbocycles. The Morgan fingerprint density at radius 2 is 1.80 bits per heavy atom. The van der Waals surface area contributed by atoms with Crippen molar-refractivity contribution in [3.63, 3.8) is 0 Å². The molecule has 0 unspecified atom stereocenters. The largest absolute Gasteiger partial charge is 0.299 e. The van der Waals surface area contributed by atoms with Crippen molar-refractivity contribution in [1.29, 1.82) is 0 Å². The number of hydrogen-bond donors (Lipinski definition) is 0. The molecule has 1 fully saturated rings. The first-order chi connectivity index (χ1) is 9.72. The maximum atomic E-state index is 12.4. The van der Waals surface area contributed by atoms with Gasteiger partial charge in [0.1, 0.15) is 0 Å². The smallest absolute Gasteiger partial charge is 0.193 e. The third-order valence-electron chi connectivity index (χ3n) is 3.65. The van der Waals surface area contributed by atoms with Gasteiger partial charge in [0.2, 0.25) is 0 Å². The Balaban J connectivity index is 1.80. The van der Waals surface area contributed by atoms with Crippen molar-refractivity contribution in [2.24, 2.45) is 0 Å². The molecule has 3 heteroatoms. The number of rotatable bonds is 4. The Kier molecular flexibility index (Phi) is 3.86. The number of likely N-dealkylation sites (tertiary alicyclic amines) is 1. The molecule has 3 rings (SSSR count). The minimum atomic E-state index is 0.0483. The molecule has 2 nitrogen and oxygen atoms in total. The number of hydrogen-bond acceptors (Lipinski definition) is 2. The number of carbonyl (C=O) groups is 1. The van der Waals surface area contributed by atoms with Crippen LogP contribution in [0.5, 0.6) is 0 Å². The van der Waals surface area contributed by atoms with E-state index in [-0.39, 0.29) is 5.78 Å². The molecule has 0 N–H and O–H groups in total. The van der Waals surface area contributed by atoms with Gasteiger partial charge in [0.25, 0.3) is 0 Å². The third kappa shape index (κ3) is 2.92. The highest BCUT2D eigenvalue weighted by molar-refractivity contribution is 6.30. The minimum Gasteiger partial charge on any atom is -0.299 e. The summed E-state index contributed by atoms with van der Waals surface area (Å²) in [6.07, 6.45) is 1.28. The van der Waals surface area contributed by atoms with Crippen LogP contribution in [0, 0.1) is 0 Å². The van der Waals surface area contributed by atoms with E-state index in [0.29, 0.717) is 10.6 Å². The molecule has 0 atom stereocenters. The average Bonchev–Trinajstić information content (AvgIpc) is 2.43. The molecule has 1 heterocycles. The van der Waals surface area contributed by atoms with Gasteiger partial charge in [-0.3, -0.25) is 9.69 Å². The van der Waals surface area contributed by atoms with Crippen molar-refractivity contribution in [2.45, 2.75) is 13.0 Å². The van der Waals surface area contributed by atoms with E-state index in [9.17, 15) is 4.79 Å². The summed E-state index contributed by atoms with van der Waals surface area (Å²) in [4.78, 5) is 14.8. The predicted molar refractivity (Wildman–Crippen MR) is 81.2 cm³/mol. The summed E-state index contributed by atoms with van der Waals surface area (Å²) in [7, 11) is 0. The zero-order valence-corrected chi connectivity index (χ0v) is 11.9. The lowest BCUT2D eigenvalue weighted by atomic mass is 10.0. The molecule has 2 aromatic carbocycles. The lowest BCUT2D eigenvalue weighted by molar-refractivity contribution is 0.103. The van der Waals surface area contributed by atoms with E-state index in [0.717, 1.165) is 25.2 Å². The molecule has 0 radical (unpaired) electrons. The van der Waals surface area contributed by atoms with Crippen LogP contribution in [0.3, 0.4) is 0 Å².